The second kappa shape index (κ2) is 13.0. The van der Waals surface area contributed by atoms with E-state index in [1.165, 1.54) is 24.1 Å². The molecule has 0 aromatic heterocycles. The quantitative estimate of drug-likeness (QED) is 0.378. The molecular weight excluding hydrogens is 506 g/mol. The van der Waals surface area contributed by atoms with Gasteiger partial charge in [-0.2, -0.15) is 0 Å². The third kappa shape index (κ3) is 6.83. The maximum atomic E-state index is 13.8. The number of sulfonamides is 1. The van der Waals surface area contributed by atoms with Crippen LogP contribution in [0, 0.1) is 0 Å². The van der Waals surface area contributed by atoms with E-state index in [2.05, 4.69) is 5.32 Å². The highest BCUT2D eigenvalue weighted by Gasteiger charge is 2.32. The SMILES string of the molecule is CCOc1ccc(N(CC(=O)N(Cc2cccc(OC)c2)[C@H](C)C(=O)NC)S(=O)(=O)c2ccccc2)cc1. The number of anilines is 1. The molecule has 1 N–H and O–H groups in total. The van der Waals surface area contributed by atoms with Crippen molar-refractivity contribution in [1.82, 2.24) is 10.2 Å². The van der Waals surface area contributed by atoms with Crippen LogP contribution in [0.2, 0.25) is 0 Å². The Hall–Kier alpha value is -4.05. The fraction of sp³-hybridized carbons (Fsp3) is 0.286. The molecule has 0 bridgehead atoms. The number of rotatable bonds is 12. The summed E-state index contributed by atoms with van der Waals surface area (Å²) in [6.07, 6.45) is 0. The van der Waals surface area contributed by atoms with Gasteiger partial charge in [-0.05, 0) is 67.9 Å². The summed E-state index contributed by atoms with van der Waals surface area (Å²) in [5, 5.41) is 2.56. The molecule has 202 valence electrons. The summed E-state index contributed by atoms with van der Waals surface area (Å²) in [7, 11) is -1.09. The number of nitrogens with one attached hydrogen (secondary N) is 1. The van der Waals surface area contributed by atoms with Gasteiger partial charge in [-0.25, -0.2) is 8.42 Å². The Morgan fingerprint density at radius 3 is 2.24 bits per heavy atom. The number of carbonyl (C=O) groups excluding carboxylic acids is 2. The molecule has 0 spiro atoms. The van der Waals surface area contributed by atoms with Gasteiger partial charge in [0.2, 0.25) is 11.8 Å². The highest BCUT2D eigenvalue weighted by molar-refractivity contribution is 7.92. The Balaban J connectivity index is 2.02. The van der Waals surface area contributed by atoms with Crippen molar-refractivity contribution in [1.29, 1.82) is 0 Å². The van der Waals surface area contributed by atoms with E-state index < -0.39 is 28.5 Å². The van der Waals surface area contributed by atoms with Crippen LogP contribution < -0.4 is 19.1 Å². The minimum atomic E-state index is -4.12. The smallest absolute Gasteiger partial charge is 0.264 e. The van der Waals surface area contributed by atoms with Crippen molar-refractivity contribution in [2.45, 2.75) is 31.3 Å². The highest BCUT2D eigenvalue weighted by Crippen LogP contribution is 2.27. The Bertz CT molecular complexity index is 1330. The van der Waals surface area contributed by atoms with E-state index in [1.807, 2.05) is 13.0 Å². The minimum absolute atomic E-state index is 0.0420. The Morgan fingerprint density at radius 2 is 1.63 bits per heavy atom. The summed E-state index contributed by atoms with van der Waals surface area (Å²) in [5.74, 6) is 0.259. The van der Waals surface area contributed by atoms with Crippen LogP contribution in [0.25, 0.3) is 0 Å². The maximum Gasteiger partial charge on any atom is 0.264 e. The predicted molar refractivity (Wildman–Crippen MR) is 146 cm³/mol. The summed E-state index contributed by atoms with van der Waals surface area (Å²) in [4.78, 5) is 27.7. The van der Waals surface area contributed by atoms with Crippen LogP contribution in [0.5, 0.6) is 11.5 Å². The van der Waals surface area contributed by atoms with E-state index >= 15 is 0 Å². The van der Waals surface area contributed by atoms with Gasteiger partial charge in [0.05, 0.1) is 24.3 Å². The molecule has 0 saturated heterocycles. The van der Waals surface area contributed by atoms with E-state index in [0.717, 1.165) is 9.87 Å². The summed E-state index contributed by atoms with van der Waals surface area (Å²) < 4.78 is 39.3. The van der Waals surface area contributed by atoms with Crippen molar-refractivity contribution in [2.75, 3.05) is 31.6 Å². The van der Waals surface area contributed by atoms with E-state index in [1.54, 1.807) is 74.7 Å². The van der Waals surface area contributed by atoms with Crippen LogP contribution in [-0.4, -0.2) is 58.5 Å². The molecule has 0 aliphatic carbocycles. The molecule has 0 radical (unpaired) electrons. The number of hydrogen-bond donors (Lipinski definition) is 1. The van der Waals surface area contributed by atoms with Crippen molar-refractivity contribution < 1.29 is 27.5 Å². The van der Waals surface area contributed by atoms with E-state index in [0.29, 0.717) is 23.8 Å². The van der Waals surface area contributed by atoms with E-state index in [9.17, 15) is 18.0 Å². The number of methoxy groups -OCH3 is 1. The zero-order valence-electron chi connectivity index (χ0n) is 22.0. The summed E-state index contributed by atoms with van der Waals surface area (Å²) in [5.41, 5.74) is 1.02. The van der Waals surface area contributed by atoms with Gasteiger partial charge in [-0.15, -0.1) is 0 Å². The first-order chi connectivity index (χ1) is 18.2. The lowest BCUT2D eigenvalue weighted by molar-refractivity contribution is -0.139. The monoisotopic (exact) mass is 539 g/mol. The van der Waals surface area contributed by atoms with Crippen molar-refractivity contribution >= 4 is 27.5 Å². The van der Waals surface area contributed by atoms with Crippen molar-refractivity contribution in [3.63, 3.8) is 0 Å². The zero-order chi connectivity index (χ0) is 27.7. The first-order valence-corrected chi connectivity index (χ1v) is 13.6. The van der Waals surface area contributed by atoms with Gasteiger partial charge < -0.3 is 19.7 Å². The number of hydrogen-bond acceptors (Lipinski definition) is 6. The summed E-state index contributed by atoms with van der Waals surface area (Å²) >= 11 is 0. The van der Waals surface area contributed by atoms with E-state index in [-0.39, 0.29) is 17.3 Å². The number of likely N-dealkylation sites (N-methyl/N-ethyl adjacent to an activating group) is 1. The van der Waals surface area contributed by atoms with Crippen molar-refractivity contribution in [3.8, 4) is 11.5 Å². The molecule has 0 aliphatic heterocycles. The molecule has 10 heteroatoms. The Labute approximate surface area is 224 Å². The lowest BCUT2D eigenvalue weighted by Crippen LogP contribution is -2.50. The van der Waals surface area contributed by atoms with Crippen molar-refractivity contribution in [2.24, 2.45) is 0 Å². The molecule has 1 atom stereocenters. The first kappa shape index (κ1) is 28.5. The zero-order valence-corrected chi connectivity index (χ0v) is 22.8. The lowest BCUT2D eigenvalue weighted by atomic mass is 10.1. The topological polar surface area (TPSA) is 105 Å². The predicted octanol–water partition coefficient (Wildman–Crippen LogP) is 3.45. The van der Waals surface area contributed by atoms with E-state index in [4.69, 9.17) is 9.47 Å². The first-order valence-electron chi connectivity index (χ1n) is 12.2. The van der Waals surface area contributed by atoms with Crippen LogP contribution in [0.3, 0.4) is 0 Å². The lowest BCUT2D eigenvalue weighted by Gasteiger charge is -2.31. The largest absolute Gasteiger partial charge is 0.497 e. The molecule has 38 heavy (non-hydrogen) atoms. The minimum Gasteiger partial charge on any atom is -0.497 e. The third-order valence-electron chi connectivity index (χ3n) is 5.95. The van der Waals surface area contributed by atoms with Crippen molar-refractivity contribution in [3.05, 3.63) is 84.4 Å². The van der Waals surface area contributed by atoms with Crippen LogP contribution in [0.4, 0.5) is 5.69 Å². The molecule has 0 unspecified atom stereocenters. The number of carbonyl (C=O) groups is 2. The molecular formula is C28H33N3O6S. The highest BCUT2D eigenvalue weighted by atomic mass is 32.2. The fourth-order valence-electron chi connectivity index (χ4n) is 3.88. The van der Waals surface area contributed by atoms with Crippen LogP contribution in [0.15, 0.2) is 83.8 Å². The molecule has 2 amide bonds. The molecule has 3 aromatic carbocycles. The molecule has 9 nitrogen and oxygen atoms in total. The van der Waals surface area contributed by atoms with Gasteiger partial charge in [0.15, 0.2) is 0 Å². The van der Waals surface area contributed by atoms with Crippen LogP contribution in [0.1, 0.15) is 19.4 Å². The Kier molecular flexibility index (Phi) is 9.72. The molecule has 3 aromatic rings. The number of benzene rings is 3. The van der Waals surface area contributed by atoms with Gasteiger partial charge in [0.25, 0.3) is 10.0 Å². The van der Waals surface area contributed by atoms with Gasteiger partial charge >= 0.3 is 0 Å². The summed E-state index contributed by atoms with van der Waals surface area (Å²) in [6, 6.07) is 20.7. The average Bonchev–Trinajstić information content (AvgIpc) is 2.94. The Morgan fingerprint density at radius 1 is 0.947 bits per heavy atom. The average molecular weight is 540 g/mol. The number of amides is 2. The fourth-order valence-corrected chi connectivity index (χ4v) is 5.32. The van der Waals surface area contributed by atoms with Crippen LogP contribution >= 0.6 is 0 Å². The van der Waals surface area contributed by atoms with Gasteiger partial charge in [0, 0.05) is 13.6 Å². The van der Waals surface area contributed by atoms with Crippen LogP contribution in [-0.2, 0) is 26.2 Å². The maximum absolute atomic E-state index is 13.8. The second-order valence-electron chi connectivity index (χ2n) is 8.42. The van der Waals surface area contributed by atoms with Gasteiger partial charge in [0.1, 0.15) is 24.1 Å². The standard InChI is InChI=1S/C28H33N3O6S/c1-5-37-24-16-14-23(15-17-24)31(38(34,35)26-12-7-6-8-13-26)20-27(32)30(21(2)28(33)29-3)19-22-10-9-11-25(18-22)36-4/h6-18,21H,5,19-20H2,1-4H3,(H,29,33)/t21-/m1/s1. The molecule has 0 heterocycles. The molecule has 0 fully saturated rings. The number of nitrogens with zero attached hydrogens (tertiary/aromatic N) is 2. The number of ether oxygens (including phenoxy) is 2. The molecule has 3 rings (SSSR count). The normalized spacial score (nSPS) is 11.8. The van der Waals surface area contributed by atoms with Gasteiger partial charge in [-0.3, -0.25) is 13.9 Å². The molecule has 0 aliphatic rings. The molecule has 0 saturated carbocycles. The second-order valence-corrected chi connectivity index (χ2v) is 10.3. The third-order valence-corrected chi connectivity index (χ3v) is 7.73. The summed E-state index contributed by atoms with van der Waals surface area (Å²) in [6.45, 7) is 3.47. The van der Waals surface area contributed by atoms with Gasteiger partial charge in [-0.1, -0.05) is 30.3 Å².